The summed E-state index contributed by atoms with van der Waals surface area (Å²) < 4.78 is 25.9. The van der Waals surface area contributed by atoms with Gasteiger partial charge in [-0.05, 0) is 37.3 Å². The maximum atomic E-state index is 13.4. The van der Waals surface area contributed by atoms with E-state index in [1.165, 1.54) is 23.9 Å². The fourth-order valence-electron chi connectivity index (χ4n) is 3.01. The molecule has 0 bridgehead atoms. The molecular weight excluding hydrogens is 383 g/mol. The maximum absolute atomic E-state index is 13.4. The Balaban J connectivity index is 1.63. The van der Waals surface area contributed by atoms with E-state index in [0.717, 1.165) is 5.56 Å². The molecule has 2 aromatic heterocycles. The molecule has 0 N–H and O–H groups in total. The Morgan fingerprint density at radius 2 is 1.93 bits per heavy atom. The van der Waals surface area contributed by atoms with Crippen LogP contribution in [0.5, 0.6) is 0 Å². The summed E-state index contributed by atoms with van der Waals surface area (Å²) >= 11 is 1.30. The van der Waals surface area contributed by atoms with Crippen LogP contribution in [0.3, 0.4) is 0 Å². The summed E-state index contributed by atoms with van der Waals surface area (Å²) in [6.07, 6.45) is 1.59. The van der Waals surface area contributed by atoms with Crippen LogP contribution in [0.1, 0.15) is 5.76 Å². The van der Waals surface area contributed by atoms with E-state index < -0.39 is 0 Å². The molecular formula is C19H19FN4O3S. The lowest BCUT2D eigenvalue weighted by atomic mass is 10.2. The van der Waals surface area contributed by atoms with Crippen LogP contribution in [0, 0.1) is 12.7 Å². The minimum absolute atomic E-state index is 0.0306. The number of furan rings is 1. The minimum Gasteiger partial charge on any atom is -0.469 e. The number of aryl methyl sites for hydroxylation is 1. The molecule has 0 atom stereocenters. The van der Waals surface area contributed by atoms with Crippen molar-refractivity contribution in [3.63, 3.8) is 0 Å². The van der Waals surface area contributed by atoms with Crippen molar-refractivity contribution in [2.75, 3.05) is 32.1 Å². The van der Waals surface area contributed by atoms with Crippen molar-refractivity contribution in [3.05, 3.63) is 48.2 Å². The summed E-state index contributed by atoms with van der Waals surface area (Å²) in [6.45, 7) is 4.17. The summed E-state index contributed by atoms with van der Waals surface area (Å²) in [6, 6.07) is 7.90. The second-order valence-electron chi connectivity index (χ2n) is 6.29. The molecule has 1 fully saturated rings. The van der Waals surface area contributed by atoms with E-state index in [1.54, 1.807) is 23.3 Å². The molecule has 146 valence electrons. The largest absolute Gasteiger partial charge is 0.469 e. The van der Waals surface area contributed by atoms with Crippen LogP contribution in [-0.4, -0.2) is 57.6 Å². The fourth-order valence-corrected chi connectivity index (χ4v) is 3.86. The lowest BCUT2D eigenvalue weighted by molar-refractivity contribution is -0.132. The molecule has 9 heteroatoms. The molecule has 0 unspecified atom stereocenters. The zero-order valence-electron chi connectivity index (χ0n) is 15.3. The van der Waals surface area contributed by atoms with Gasteiger partial charge in [0.15, 0.2) is 11.0 Å². The van der Waals surface area contributed by atoms with Crippen LogP contribution in [0.15, 0.2) is 46.2 Å². The van der Waals surface area contributed by atoms with Gasteiger partial charge in [0.1, 0.15) is 11.6 Å². The van der Waals surface area contributed by atoms with Gasteiger partial charge in [0.2, 0.25) is 5.91 Å². The van der Waals surface area contributed by atoms with Gasteiger partial charge in [-0.3, -0.25) is 9.36 Å². The lowest BCUT2D eigenvalue weighted by Crippen LogP contribution is -2.41. The highest BCUT2D eigenvalue weighted by molar-refractivity contribution is 7.99. The highest BCUT2D eigenvalue weighted by Crippen LogP contribution is 2.30. The van der Waals surface area contributed by atoms with Gasteiger partial charge in [0, 0.05) is 18.8 Å². The highest BCUT2D eigenvalue weighted by atomic mass is 32.2. The van der Waals surface area contributed by atoms with E-state index in [-0.39, 0.29) is 17.5 Å². The molecule has 7 nitrogen and oxygen atoms in total. The number of halogens is 1. The quantitative estimate of drug-likeness (QED) is 0.611. The molecule has 1 aliphatic heterocycles. The van der Waals surface area contributed by atoms with Crippen LogP contribution in [0.4, 0.5) is 4.39 Å². The van der Waals surface area contributed by atoms with Gasteiger partial charge in [-0.1, -0.05) is 11.8 Å². The molecule has 4 rings (SSSR count). The van der Waals surface area contributed by atoms with E-state index in [1.807, 2.05) is 17.6 Å². The fraction of sp³-hybridized carbons (Fsp3) is 0.316. The molecule has 3 aromatic rings. The average Bonchev–Trinajstić information content (AvgIpc) is 3.33. The first kappa shape index (κ1) is 18.7. The summed E-state index contributed by atoms with van der Waals surface area (Å²) in [7, 11) is 0. The van der Waals surface area contributed by atoms with Crippen molar-refractivity contribution in [1.82, 2.24) is 19.7 Å². The molecule has 28 heavy (non-hydrogen) atoms. The zero-order valence-corrected chi connectivity index (χ0v) is 16.1. The third kappa shape index (κ3) is 3.81. The third-order valence-electron chi connectivity index (χ3n) is 4.51. The Bertz CT molecular complexity index is 964. The van der Waals surface area contributed by atoms with Crippen LogP contribution in [-0.2, 0) is 9.53 Å². The van der Waals surface area contributed by atoms with Crippen molar-refractivity contribution in [3.8, 4) is 17.1 Å². The molecule has 1 saturated heterocycles. The van der Waals surface area contributed by atoms with Gasteiger partial charge in [-0.15, -0.1) is 10.2 Å². The second-order valence-corrected chi connectivity index (χ2v) is 7.23. The molecule has 1 aromatic carbocycles. The number of carbonyl (C=O) groups is 1. The molecule has 0 aliphatic carbocycles. The Morgan fingerprint density at radius 1 is 1.18 bits per heavy atom. The van der Waals surface area contributed by atoms with Gasteiger partial charge >= 0.3 is 0 Å². The molecule has 0 saturated carbocycles. The van der Waals surface area contributed by atoms with Crippen molar-refractivity contribution in [2.45, 2.75) is 12.1 Å². The number of aromatic nitrogens is 3. The number of carbonyl (C=O) groups excluding carboxylic acids is 1. The normalized spacial score (nSPS) is 14.4. The maximum Gasteiger partial charge on any atom is 0.233 e. The van der Waals surface area contributed by atoms with Gasteiger partial charge in [0.05, 0.1) is 30.8 Å². The number of nitrogens with zero attached hydrogens (tertiary/aromatic N) is 4. The van der Waals surface area contributed by atoms with Crippen molar-refractivity contribution < 1.29 is 18.3 Å². The van der Waals surface area contributed by atoms with Gasteiger partial charge in [-0.2, -0.15) is 0 Å². The first-order valence-corrected chi connectivity index (χ1v) is 9.86. The molecule has 1 aliphatic rings. The topological polar surface area (TPSA) is 73.4 Å². The smallest absolute Gasteiger partial charge is 0.233 e. The number of ether oxygens (including phenoxy) is 1. The van der Waals surface area contributed by atoms with Crippen molar-refractivity contribution >= 4 is 17.7 Å². The van der Waals surface area contributed by atoms with Crippen LogP contribution in [0.25, 0.3) is 17.1 Å². The predicted molar refractivity (Wildman–Crippen MR) is 102 cm³/mol. The van der Waals surface area contributed by atoms with Gasteiger partial charge in [0.25, 0.3) is 0 Å². The number of hydrogen-bond acceptors (Lipinski definition) is 6. The minimum atomic E-state index is -0.324. The first-order valence-electron chi connectivity index (χ1n) is 8.87. The van der Waals surface area contributed by atoms with Crippen LogP contribution in [0.2, 0.25) is 0 Å². The monoisotopic (exact) mass is 402 g/mol. The van der Waals surface area contributed by atoms with Crippen LogP contribution >= 0.6 is 11.8 Å². The summed E-state index contributed by atoms with van der Waals surface area (Å²) in [4.78, 5) is 14.3. The summed E-state index contributed by atoms with van der Waals surface area (Å²) in [5.74, 6) is 1.23. The zero-order chi connectivity index (χ0) is 19.5. The standard InChI is InChI=1S/C19H19FN4O3S/c1-13-16(6-9-27-13)18-21-22-19(24(18)15-4-2-14(20)3-5-15)28-12-17(25)23-7-10-26-11-8-23/h2-6,9H,7-8,10-12H2,1H3. The number of thioether (sulfide) groups is 1. The molecule has 0 spiro atoms. The molecule has 0 radical (unpaired) electrons. The predicted octanol–water partition coefficient (Wildman–Crippen LogP) is 2.93. The number of rotatable bonds is 5. The van der Waals surface area contributed by atoms with E-state index in [9.17, 15) is 9.18 Å². The average molecular weight is 402 g/mol. The SMILES string of the molecule is Cc1occc1-c1nnc(SCC(=O)N2CCOCC2)n1-c1ccc(F)cc1. The number of amides is 1. The van der Waals surface area contributed by atoms with E-state index >= 15 is 0 Å². The highest BCUT2D eigenvalue weighted by Gasteiger charge is 2.22. The van der Waals surface area contributed by atoms with E-state index in [0.29, 0.717) is 48.7 Å². The Kier molecular flexibility index (Phi) is 5.45. The van der Waals surface area contributed by atoms with E-state index in [2.05, 4.69) is 10.2 Å². The van der Waals surface area contributed by atoms with E-state index in [4.69, 9.17) is 9.15 Å². The second kappa shape index (κ2) is 8.15. The Hall–Kier alpha value is -2.65. The number of morpholine rings is 1. The van der Waals surface area contributed by atoms with Gasteiger partial charge < -0.3 is 14.1 Å². The van der Waals surface area contributed by atoms with Crippen molar-refractivity contribution in [2.24, 2.45) is 0 Å². The third-order valence-corrected chi connectivity index (χ3v) is 5.42. The Morgan fingerprint density at radius 3 is 2.61 bits per heavy atom. The molecule has 1 amide bonds. The number of benzene rings is 1. The Labute approximate surface area is 165 Å². The summed E-state index contributed by atoms with van der Waals surface area (Å²) in [5.41, 5.74) is 1.51. The van der Waals surface area contributed by atoms with Crippen LogP contribution < -0.4 is 0 Å². The lowest BCUT2D eigenvalue weighted by Gasteiger charge is -2.26. The van der Waals surface area contributed by atoms with Crippen molar-refractivity contribution in [1.29, 1.82) is 0 Å². The number of hydrogen-bond donors (Lipinski definition) is 0. The first-order chi connectivity index (χ1) is 13.6. The van der Waals surface area contributed by atoms with Gasteiger partial charge in [-0.25, -0.2) is 4.39 Å². The molecule has 3 heterocycles. The summed E-state index contributed by atoms with van der Waals surface area (Å²) in [5, 5.41) is 9.14.